The number of aryl methyl sites for hydroxylation is 1. The van der Waals surface area contributed by atoms with Gasteiger partial charge in [-0.25, -0.2) is 15.2 Å². The number of methoxy groups -OCH3 is 1. The fraction of sp³-hybridized carbons (Fsp3) is 0.549. The predicted molar refractivity (Wildman–Crippen MR) is 267 cm³/mol. The number of ether oxygens (including phenoxy) is 2. The van der Waals surface area contributed by atoms with E-state index >= 15 is 0 Å². The van der Waals surface area contributed by atoms with Crippen molar-refractivity contribution in [3.63, 3.8) is 0 Å². The number of cyclic esters (lactones) is 1. The zero-order chi connectivity index (χ0) is 49.4. The lowest BCUT2D eigenvalue weighted by molar-refractivity contribution is -0.154. The van der Waals surface area contributed by atoms with Crippen molar-refractivity contribution in [2.75, 3.05) is 46.9 Å². The molecule has 1 aromatic carbocycles. The van der Waals surface area contributed by atoms with Gasteiger partial charge in [0.25, 0.3) is 0 Å². The van der Waals surface area contributed by atoms with Gasteiger partial charge in [-0.15, -0.1) is 11.3 Å². The molecule has 3 aliphatic heterocycles. The minimum absolute atomic E-state index is 0.126. The molecule has 1 unspecified atom stereocenters. The van der Waals surface area contributed by atoms with Gasteiger partial charge in [-0.1, -0.05) is 40.3 Å². The van der Waals surface area contributed by atoms with Gasteiger partial charge >= 0.3 is 12.0 Å². The lowest BCUT2D eigenvalue weighted by Crippen LogP contribution is -2.58. The molecule has 4 aliphatic rings. The Kier molecular flexibility index (Phi) is 14.8. The zero-order valence-corrected chi connectivity index (χ0v) is 43.1. The minimum Gasteiger partial charge on any atom is -0.464 e. The number of hydrogen-bond donors (Lipinski definition) is 2. The van der Waals surface area contributed by atoms with Crippen molar-refractivity contribution in [3.8, 4) is 22.5 Å². The molecular formula is C51H67N9O7SSi. The van der Waals surface area contributed by atoms with Crippen LogP contribution < -0.4 is 10.4 Å². The maximum atomic E-state index is 14.7. The summed E-state index contributed by atoms with van der Waals surface area (Å²) in [5.41, 5.74) is 8.34. The number of likely N-dealkylation sites (N-methyl/N-ethyl adjacent to an activating group) is 1. The summed E-state index contributed by atoms with van der Waals surface area (Å²) in [6.07, 6.45) is 7.03. The van der Waals surface area contributed by atoms with Gasteiger partial charge in [0.1, 0.15) is 12.1 Å². The molecule has 3 fully saturated rings. The number of esters is 1. The number of aromatic nitrogens is 3. The van der Waals surface area contributed by atoms with E-state index in [-0.39, 0.29) is 58.5 Å². The molecular weight excluding hydrogens is 911 g/mol. The Morgan fingerprint density at radius 2 is 1.91 bits per heavy atom. The third-order valence-electron chi connectivity index (χ3n) is 14.2. The molecule has 1 aliphatic carbocycles. The minimum atomic E-state index is -0.831. The Morgan fingerprint density at radius 3 is 2.62 bits per heavy atom. The summed E-state index contributed by atoms with van der Waals surface area (Å²) in [5, 5.41) is 5.33. The molecule has 6 bridgehead atoms. The van der Waals surface area contributed by atoms with Crippen molar-refractivity contribution in [2.45, 2.75) is 122 Å². The molecule has 3 aromatic heterocycles. The highest BCUT2D eigenvalue weighted by Crippen LogP contribution is 2.45. The molecule has 2 saturated heterocycles. The quantitative estimate of drug-likeness (QED) is 0.101. The second kappa shape index (κ2) is 20.5. The monoisotopic (exact) mass is 977 g/mol. The molecule has 6 heterocycles. The van der Waals surface area contributed by atoms with Crippen LogP contribution in [0.4, 0.5) is 4.79 Å². The number of nitrogens with one attached hydrogen (secondary N) is 2. The highest BCUT2D eigenvalue weighted by molar-refractivity contribution is 7.10. The van der Waals surface area contributed by atoms with Crippen LogP contribution in [0, 0.1) is 11.3 Å². The summed E-state index contributed by atoms with van der Waals surface area (Å²) < 4.78 is 14.3. The second-order valence-electron chi connectivity index (χ2n) is 20.2. The lowest BCUT2D eigenvalue weighted by Gasteiger charge is -2.37. The van der Waals surface area contributed by atoms with E-state index in [0.717, 1.165) is 62.5 Å². The Bertz CT molecular complexity index is 2610. The van der Waals surface area contributed by atoms with Gasteiger partial charge in [0.2, 0.25) is 17.7 Å². The number of thiazole rings is 1. The van der Waals surface area contributed by atoms with E-state index in [1.54, 1.807) is 25.3 Å². The molecule has 2 radical (unpaired) electrons. The van der Waals surface area contributed by atoms with E-state index in [1.807, 2.05) is 37.1 Å². The first-order valence-corrected chi connectivity index (χ1v) is 26.3. The van der Waals surface area contributed by atoms with Gasteiger partial charge < -0.3 is 33.7 Å². The molecule has 4 aromatic rings. The molecule has 1 saturated carbocycles. The first kappa shape index (κ1) is 50.0. The summed E-state index contributed by atoms with van der Waals surface area (Å²) in [5.74, 6) is -1.43. The van der Waals surface area contributed by atoms with E-state index in [1.165, 1.54) is 27.3 Å². The fourth-order valence-electron chi connectivity index (χ4n) is 10.4. The van der Waals surface area contributed by atoms with Crippen molar-refractivity contribution in [1.82, 2.24) is 44.7 Å². The van der Waals surface area contributed by atoms with Gasteiger partial charge in [0.15, 0.2) is 9.68 Å². The molecule has 5 amide bonds. The molecule has 1 spiro atoms. The molecule has 16 nitrogen and oxygen atoms in total. The van der Waals surface area contributed by atoms with Crippen molar-refractivity contribution in [1.29, 1.82) is 0 Å². The Hall–Kier alpha value is -5.43. The Labute approximate surface area is 412 Å². The fourth-order valence-corrected chi connectivity index (χ4v) is 12.5. The number of urea groups is 1. The molecule has 69 heavy (non-hydrogen) atoms. The van der Waals surface area contributed by atoms with Crippen LogP contribution in [0.3, 0.4) is 0 Å². The number of rotatable bonds is 10. The number of benzene rings is 1. The summed E-state index contributed by atoms with van der Waals surface area (Å²) in [6, 6.07) is 8.65. The summed E-state index contributed by atoms with van der Waals surface area (Å²) in [6.45, 7) is 18.5. The second-order valence-corrected chi connectivity index (χ2v) is 22.4. The number of pyridine rings is 1. The lowest BCUT2D eigenvalue weighted by atomic mass is 9.84. The number of hydrogen-bond acceptors (Lipinski definition) is 11. The summed E-state index contributed by atoms with van der Waals surface area (Å²) in [4.78, 5) is 88.1. The van der Waals surface area contributed by atoms with Gasteiger partial charge in [-0.3, -0.25) is 29.2 Å². The molecule has 8 rings (SSSR count). The molecule has 368 valence electrons. The topological polar surface area (TPSA) is 172 Å². The average molecular weight is 978 g/mol. The van der Waals surface area contributed by atoms with E-state index in [9.17, 15) is 24.0 Å². The number of amides is 5. The standard InChI is InChI=1S/C51H67N9O7SSi/c1-10-42(61)59-23-14-22-57(29-51(59)19-20-51)49(65)56(8)44(31(3)4)46(62)55-69-40-26-41-53-38(28-68-41)33-17-18-39-35(25-33)36(45(58(39)11-2)34-15-12-21-52-43(34)32(5)66-9)27-50(6,7)30-67-48(64)37-16-13-24-60(54-37)47(40)63/h10,12,15,17-18,21,25,28,31-32,37,40,44,54H,1,11,13-14,16,19-20,22-24,26-27,29-30H2,2-9H3,(H,55,62)/t32-,37-,40?,44-/m0/s1. The first-order chi connectivity index (χ1) is 33.0. The largest absolute Gasteiger partial charge is 0.464 e. The van der Waals surface area contributed by atoms with Crippen molar-refractivity contribution < 1.29 is 33.4 Å². The normalized spacial score (nSPS) is 21.3. The third kappa shape index (κ3) is 10.3. The van der Waals surface area contributed by atoms with E-state index in [2.05, 4.69) is 66.6 Å². The third-order valence-corrected chi connectivity index (χ3v) is 16.3. The highest BCUT2D eigenvalue weighted by Gasteiger charge is 2.53. The average Bonchev–Trinajstić information content (AvgIpc) is 3.92. The van der Waals surface area contributed by atoms with Gasteiger partial charge in [-0.05, 0) is 94.2 Å². The van der Waals surface area contributed by atoms with Crippen LogP contribution in [-0.4, -0.2) is 138 Å². The van der Waals surface area contributed by atoms with Crippen LogP contribution in [0.2, 0.25) is 5.54 Å². The number of hydrazine groups is 1. The first-order valence-electron chi connectivity index (χ1n) is 24.3. The highest BCUT2D eigenvalue weighted by atomic mass is 32.1. The van der Waals surface area contributed by atoms with Crippen LogP contribution in [0.5, 0.6) is 0 Å². The van der Waals surface area contributed by atoms with Crippen molar-refractivity contribution in [2.24, 2.45) is 11.3 Å². The van der Waals surface area contributed by atoms with Crippen LogP contribution in [-0.2, 0) is 48.0 Å². The van der Waals surface area contributed by atoms with Crippen LogP contribution in [0.1, 0.15) is 96.0 Å². The molecule has 2 N–H and O–H groups in total. The number of fused-ring (bicyclic) bond motifs is 6. The number of carbonyl (C=O) groups is 5. The van der Waals surface area contributed by atoms with Gasteiger partial charge in [0, 0.05) is 92.3 Å². The van der Waals surface area contributed by atoms with Gasteiger partial charge in [0.05, 0.1) is 45.9 Å². The molecule has 18 heteroatoms. The summed E-state index contributed by atoms with van der Waals surface area (Å²) in [7, 11) is 2.98. The molecule has 4 atom stereocenters. The van der Waals surface area contributed by atoms with E-state index in [0.29, 0.717) is 58.4 Å². The van der Waals surface area contributed by atoms with Crippen molar-refractivity contribution in [3.05, 3.63) is 70.8 Å². The number of carbonyl (C=O) groups excluding carboxylic acids is 5. The SMILES string of the molecule is C=CC(=O)N1CCCN(C(=O)N(C)[C@H](C(=O)N[Si]C2Cc3nc(cs3)-c3ccc4c(c3)c(c(-c3cccnc3[C@H](C)OC)n4CC)CC(C)(C)COC(=O)[C@@H]3CCCN(N3)C2=O)C(C)C)CC12CC2. The maximum absolute atomic E-state index is 14.7. The van der Waals surface area contributed by atoms with Crippen LogP contribution >= 0.6 is 11.3 Å². The zero-order valence-electron chi connectivity index (χ0n) is 41.3. The Balaban J connectivity index is 1.10. The van der Waals surface area contributed by atoms with E-state index < -0.39 is 34.5 Å². The van der Waals surface area contributed by atoms with E-state index in [4.69, 9.17) is 19.4 Å². The number of nitrogens with zero attached hydrogens (tertiary/aromatic N) is 7. The van der Waals surface area contributed by atoms with Gasteiger partial charge in [-0.2, -0.15) is 0 Å². The smallest absolute Gasteiger partial charge is 0.324 e. The Morgan fingerprint density at radius 1 is 1.13 bits per heavy atom. The van der Waals surface area contributed by atoms with Crippen LogP contribution in [0.15, 0.2) is 54.6 Å². The maximum Gasteiger partial charge on any atom is 0.324 e. The van der Waals surface area contributed by atoms with Crippen molar-refractivity contribution >= 4 is 61.6 Å². The van der Waals surface area contributed by atoms with Crippen LogP contribution in [0.25, 0.3) is 33.4 Å². The summed E-state index contributed by atoms with van der Waals surface area (Å²) >= 11 is 1.47. The predicted octanol–water partition coefficient (Wildman–Crippen LogP) is 6.57.